The molecule has 1 N–H and O–H groups in total. The number of carboxylic acid groups (broad SMARTS) is 1. The van der Waals surface area contributed by atoms with Gasteiger partial charge in [0, 0.05) is 25.7 Å². The number of nitrogens with zero attached hydrogens (tertiary/aromatic N) is 3. The van der Waals surface area contributed by atoms with E-state index >= 15 is 0 Å². The van der Waals surface area contributed by atoms with Crippen molar-refractivity contribution in [2.75, 3.05) is 25.0 Å². The fraction of sp³-hybridized carbons (Fsp3) is 0.467. The third kappa shape index (κ3) is 3.97. The molecule has 1 heterocycles. The average molecular weight is 321 g/mol. The number of nitro groups is 1. The Balaban J connectivity index is 2.08. The van der Waals surface area contributed by atoms with Crippen molar-refractivity contribution >= 4 is 23.3 Å². The number of likely N-dealkylation sites (N-methyl/N-ethyl adjacent to an activating group) is 1. The van der Waals surface area contributed by atoms with E-state index in [4.69, 9.17) is 5.11 Å². The van der Waals surface area contributed by atoms with E-state index in [9.17, 15) is 19.7 Å². The Kier molecular flexibility index (Phi) is 5.15. The highest BCUT2D eigenvalue weighted by molar-refractivity contribution is 5.83. The first kappa shape index (κ1) is 16.7. The molecule has 0 bridgehead atoms. The normalized spacial score (nSPS) is 17.1. The summed E-state index contributed by atoms with van der Waals surface area (Å²) >= 11 is 0. The highest BCUT2D eigenvalue weighted by Gasteiger charge is 2.31. The molecular formula is C15H19N3O5. The summed E-state index contributed by atoms with van der Waals surface area (Å²) in [5.74, 6) is -1.14. The van der Waals surface area contributed by atoms with Gasteiger partial charge in [-0.25, -0.2) is 0 Å². The van der Waals surface area contributed by atoms with Gasteiger partial charge in [-0.3, -0.25) is 19.7 Å². The van der Waals surface area contributed by atoms with Gasteiger partial charge in [0.25, 0.3) is 5.69 Å². The lowest BCUT2D eigenvalue weighted by molar-refractivity contribution is -0.384. The number of para-hydroxylation sites is 2. The Morgan fingerprint density at radius 1 is 1.43 bits per heavy atom. The Morgan fingerprint density at radius 2 is 2.13 bits per heavy atom. The predicted octanol–water partition coefficient (Wildman–Crippen LogP) is 1.50. The topological polar surface area (TPSA) is 104 Å². The van der Waals surface area contributed by atoms with Crippen LogP contribution in [-0.2, 0) is 9.59 Å². The first-order valence-corrected chi connectivity index (χ1v) is 7.36. The Bertz CT molecular complexity index is 619. The van der Waals surface area contributed by atoms with Crippen LogP contribution in [0.2, 0.25) is 0 Å². The van der Waals surface area contributed by atoms with E-state index < -0.39 is 10.9 Å². The highest BCUT2D eigenvalue weighted by atomic mass is 16.6. The molecule has 2 rings (SSSR count). The number of carbonyl (C=O) groups excluding carboxylic acids is 1. The third-order valence-electron chi connectivity index (χ3n) is 3.97. The van der Waals surface area contributed by atoms with Gasteiger partial charge in [-0.2, -0.15) is 0 Å². The molecule has 1 amide bonds. The SMILES string of the molecule is CN(CC(=O)N1CCCC1CC(=O)O)c1ccccc1[N+](=O)[O-]. The molecule has 1 aromatic rings. The molecule has 0 aliphatic carbocycles. The van der Waals surface area contributed by atoms with E-state index in [2.05, 4.69) is 0 Å². The summed E-state index contributed by atoms with van der Waals surface area (Å²) in [4.78, 5) is 37.0. The number of likely N-dealkylation sites (tertiary alicyclic amines) is 1. The van der Waals surface area contributed by atoms with Crippen LogP contribution in [0, 0.1) is 10.1 Å². The molecule has 1 aromatic carbocycles. The van der Waals surface area contributed by atoms with Crippen molar-refractivity contribution in [3.8, 4) is 0 Å². The second-order valence-corrected chi connectivity index (χ2v) is 5.58. The van der Waals surface area contributed by atoms with Gasteiger partial charge in [-0.1, -0.05) is 12.1 Å². The van der Waals surface area contributed by atoms with Gasteiger partial charge >= 0.3 is 5.97 Å². The number of anilines is 1. The van der Waals surface area contributed by atoms with Crippen LogP contribution >= 0.6 is 0 Å². The molecule has 0 radical (unpaired) electrons. The smallest absolute Gasteiger partial charge is 0.305 e. The lowest BCUT2D eigenvalue weighted by atomic mass is 10.1. The molecule has 1 saturated heterocycles. The molecule has 1 unspecified atom stereocenters. The molecular weight excluding hydrogens is 302 g/mol. The number of amides is 1. The fourth-order valence-corrected chi connectivity index (χ4v) is 2.90. The largest absolute Gasteiger partial charge is 0.481 e. The summed E-state index contributed by atoms with van der Waals surface area (Å²) in [6.07, 6.45) is 1.38. The van der Waals surface area contributed by atoms with E-state index in [0.29, 0.717) is 18.7 Å². The monoisotopic (exact) mass is 321 g/mol. The predicted molar refractivity (Wildman–Crippen MR) is 83.4 cm³/mol. The lowest BCUT2D eigenvalue weighted by Gasteiger charge is -2.27. The van der Waals surface area contributed by atoms with E-state index in [0.717, 1.165) is 6.42 Å². The molecule has 23 heavy (non-hydrogen) atoms. The average Bonchev–Trinajstić information content (AvgIpc) is 2.94. The van der Waals surface area contributed by atoms with Crippen LogP contribution in [-0.4, -0.2) is 53.0 Å². The molecule has 8 heteroatoms. The minimum Gasteiger partial charge on any atom is -0.481 e. The van der Waals surface area contributed by atoms with Crippen LogP contribution in [0.4, 0.5) is 11.4 Å². The Morgan fingerprint density at radius 3 is 2.78 bits per heavy atom. The van der Waals surface area contributed by atoms with Gasteiger partial charge < -0.3 is 14.9 Å². The molecule has 1 atom stereocenters. The number of benzene rings is 1. The summed E-state index contributed by atoms with van der Waals surface area (Å²) in [7, 11) is 1.61. The Labute approximate surface area is 133 Å². The molecule has 1 aliphatic heterocycles. The molecule has 1 fully saturated rings. The second-order valence-electron chi connectivity index (χ2n) is 5.58. The van der Waals surface area contributed by atoms with Crippen LogP contribution < -0.4 is 4.90 Å². The lowest BCUT2D eigenvalue weighted by Crippen LogP contribution is -2.42. The molecule has 0 saturated carbocycles. The summed E-state index contributed by atoms with van der Waals surface area (Å²) < 4.78 is 0. The van der Waals surface area contributed by atoms with E-state index in [1.165, 1.54) is 11.0 Å². The van der Waals surface area contributed by atoms with Gasteiger partial charge in [0.05, 0.1) is 17.9 Å². The van der Waals surface area contributed by atoms with Crippen LogP contribution in [0.3, 0.4) is 0 Å². The number of hydrogen-bond acceptors (Lipinski definition) is 5. The van der Waals surface area contributed by atoms with Crippen molar-refractivity contribution in [3.63, 3.8) is 0 Å². The summed E-state index contributed by atoms with van der Waals surface area (Å²) in [6, 6.07) is 5.93. The quantitative estimate of drug-likeness (QED) is 0.629. The van der Waals surface area contributed by atoms with Crippen LogP contribution in [0.15, 0.2) is 24.3 Å². The zero-order valence-electron chi connectivity index (χ0n) is 12.8. The maximum atomic E-state index is 12.4. The summed E-state index contributed by atoms with van der Waals surface area (Å²) in [5, 5.41) is 20.0. The van der Waals surface area contributed by atoms with Gasteiger partial charge in [-0.05, 0) is 18.9 Å². The van der Waals surface area contributed by atoms with Crippen molar-refractivity contribution in [1.29, 1.82) is 0 Å². The van der Waals surface area contributed by atoms with Crippen LogP contribution in [0.25, 0.3) is 0 Å². The van der Waals surface area contributed by atoms with Crippen molar-refractivity contribution in [2.24, 2.45) is 0 Å². The highest BCUT2D eigenvalue weighted by Crippen LogP contribution is 2.27. The Hall–Kier alpha value is -2.64. The van der Waals surface area contributed by atoms with E-state index in [1.807, 2.05) is 0 Å². The van der Waals surface area contributed by atoms with Crippen LogP contribution in [0.1, 0.15) is 19.3 Å². The van der Waals surface area contributed by atoms with Crippen LogP contribution in [0.5, 0.6) is 0 Å². The molecule has 0 spiro atoms. The maximum absolute atomic E-state index is 12.4. The molecule has 1 aliphatic rings. The van der Waals surface area contributed by atoms with Gasteiger partial charge in [0.1, 0.15) is 5.69 Å². The van der Waals surface area contributed by atoms with Crippen molar-refractivity contribution in [2.45, 2.75) is 25.3 Å². The maximum Gasteiger partial charge on any atom is 0.305 e. The van der Waals surface area contributed by atoms with Crippen molar-refractivity contribution in [3.05, 3.63) is 34.4 Å². The number of rotatable bonds is 6. The van der Waals surface area contributed by atoms with Gasteiger partial charge in [0.15, 0.2) is 0 Å². The summed E-state index contributed by atoms with van der Waals surface area (Å²) in [6.45, 7) is 0.502. The molecule has 0 aromatic heterocycles. The zero-order chi connectivity index (χ0) is 17.0. The minimum atomic E-state index is -0.929. The fourth-order valence-electron chi connectivity index (χ4n) is 2.90. The minimum absolute atomic E-state index is 0.0268. The van der Waals surface area contributed by atoms with Crippen molar-refractivity contribution < 1.29 is 19.6 Å². The standard InChI is InChI=1S/C15H19N3O5/c1-16(12-6-2-3-7-13(12)18(22)23)10-14(19)17-8-4-5-11(17)9-15(20)21/h2-3,6-7,11H,4-5,8-10H2,1H3,(H,20,21). The first-order chi connectivity index (χ1) is 10.9. The molecule has 124 valence electrons. The molecule has 8 nitrogen and oxygen atoms in total. The van der Waals surface area contributed by atoms with E-state index in [-0.39, 0.29) is 30.6 Å². The van der Waals surface area contributed by atoms with E-state index in [1.54, 1.807) is 30.1 Å². The number of aliphatic carboxylic acids is 1. The van der Waals surface area contributed by atoms with Gasteiger partial charge in [-0.15, -0.1) is 0 Å². The van der Waals surface area contributed by atoms with Crippen molar-refractivity contribution in [1.82, 2.24) is 4.90 Å². The first-order valence-electron chi connectivity index (χ1n) is 7.36. The second kappa shape index (κ2) is 7.08. The number of carboxylic acids is 1. The summed E-state index contributed by atoms with van der Waals surface area (Å²) in [5.41, 5.74) is 0.297. The number of hydrogen-bond donors (Lipinski definition) is 1. The van der Waals surface area contributed by atoms with Gasteiger partial charge in [0.2, 0.25) is 5.91 Å². The third-order valence-corrected chi connectivity index (χ3v) is 3.97. The number of nitro benzene ring substituents is 1. The number of carbonyl (C=O) groups is 2. The zero-order valence-corrected chi connectivity index (χ0v) is 12.8.